The lowest BCUT2D eigenvalue weighted by Gasteiger charge is -2.26. The number of rotatable bonds is 3. The van der Waals surface area contributed by atoms with E-state index in [1.54, 1.807) is 0 Å². The van der Waals surface area contributed by atoms with E-state index in [4.69, 9.17) is 0 Å². The molecule has 0 nitrogen and oxygen atoms in total. The number of hydrogen-bond donors (Lipinski definition) is 0. The van der Waals surface area contributed by atoms with Crippen molar-refractivity contribution < 1.29 is 0 Å². The third kappa shape index (κ3) is 2.81. The number of thiophene rings is 1. The van der Waals surface area contributed by atoms with Crippen molar-refractivity contribution in [2.75, 3.05) is 0 Å². The van der Waals surface area contributed by atoms with Gasteiger partial charge in [-0.05, 0) is 35.8 Å². The van der Waals surface area contributed by atoms with Gasteiger partial charge in [0.05, 0.1) is 0 Å². The normalized spacial score (nSPS) is 14.5. The summed E-state index contributed by atoms with van der Waals surface area (Å²) in [7, 11) is 0. The lowest BCUT2D eigenvalue weighted by Crippen LogP contribution is -2.20. The van der Waals surface area contributed by atoms with Crippen molar-refractivity contribution in [2.24, 2.45) is 0 Å². The molecule has 0 aliphatic carbocycles. The van der Waals surface area contributed by atoms with Crippen molar-refractivity contribution in [1.29, 1.82) is 0 Å². The summed E-state index contributed by atoms with van der Waals surface area (Å²) >= 11 is 5.47. The van der Waals surface area contributed by atoms with Gasteiger partial charge in [-0.25, -0.2) is 0 Å². The molecule has 1 heterocycles. The number of halogens is 1. The van der Waals surface area contributed by atoms with Gasteiger partial charge in [-0.3, -0.25) is 0 Å². The van der Waals surface area contributed by atoms with E-state index in [-0.39, 0.29) is 0 Å². The molecule has 0 saturated carbocycles. The smallest absolute Gasteiger partial charge is 0.0125 e. The summed E-state index contributed by atoms with van der Waals surface area (Å²) < 4.78 is 0. The summed E-state index contributed by atoms with van der Waals surface area (Å²) in [4.78, 5) is 2.04. The van der Waals surface area contributed by atoms with Crippen LogP contribution in [0.1, 0.15) is 37.6 Å². The Labute approximate surface area is 93.5 Å². The summed E-state index contributed by atoms with van der Waals surface area (Å²) in [5.41, 5.74) is 1.80. The standard InChI is InChI=1S/C11H17BrS/c1-8(12)7-11(3,4)10-5-6-13-9(10)2/h5-6,8H,7H2,1-4H3. The molecule has 0 fully saturated rings. The van der Waals surface area contributed by atoms with Crippen LogP contribution in [-0.4, -0.2) is 4.83 Å². The van der Waals surface area contributed by atoms with E-state index >= 15 is 0 Å². The van der Waals surface area contributed by atoms with Crippen molar-refractivity contribution in [3.63, 3.8) is 0 Å². The first kappa shape index (κ1) is 11.3. The highest BCUT2D eigenvalue weighted by Crippen LogP contribution is 2.34. The monoisotopic (exact) mass is 260 g/mol. The molecule has 2 heteroatoms. The first-order valence-electron chi connectivity index (χ1n) is 4.62. The van der Waals surface area contributed by atoms with E-state index in [2.05, 4.69) is 55.1 Å². The molecule has 0 aliphatic rings. The summed E-state index contributed by atoms with van der Waals surface area (Å²) in [5.74, 6) is 0. The van der Waals surface area contributed by atoms with E-state index in [9.17, 15) is 0 Å². The van der Waals surface area contributed by atoms with E-state index in [1.807, 2.05) is 11.3 Å². The Bertz CT molecular complexity index is 273. The third-order valence-corrected chi connectivity index (χ3v) is 3.55. The molecule has 74 valence electrons. The van der Waals surface area contributed by atoms with Crippen molar-refractivity contribution >= 4 is 27.3 Å². The molecule has 0 bridgehead atoms. The maximum atomic E-state index is 3.62. The molecule has 0 radical (unpaired) electrons. The molecule has 13 heavy (non-hydrogen) atoms. The molecule has 0 saturated heterocycles. The van der Waals surface area contributed by atoms with Crippen LogP contribution in [0.25, 0.3) is 0 Å². The minimum Gasteiger partial charge on any atom is -0.149 e. The Morgan fingerprint density at radius 2 is 2.15 bits per heavy atom. The van der Waals surface area contributed by atoms with Crippen molar-refractivity contribution in [1.82, 2.24) is 0 Å². The van der Waals surface area contributed by atoms with Crippen molar-refractivity contribution in [2.45, 2.75) is 44.4 Å². The van der Waals surface area contributed by atoms with Crippen LogP contribution >= 0.6 is 27.3 Å². The molecule has 0 amide bonds. The van der Waals surface area contributed by atoms with Gasteiger partial charge in [0.2, 0.25) is 0 Å². The van der Waals surface area contributed by atoms with E-state index in [0.29, 0.717) is 10.2 Å². The number of hydrogen-bond acceptors (Lipinski definition) is 1. The zero-order valence-electron chi connectivity index (χ0n) is 8.73. The van der Waals surface area contributed by atoms with Crippen LogP contribution in [0, 0.1) is 6.92 Å². The third-order valence-electron chi connectivity index (χ3n) is 2.38. The van der Waals surface area contributed by atoms with E-state index in [1.165, 1.54) is 16.9 Å². The maximum Gasteiger partial charge on any atom is 0.0125 e. The Morgan fingerprint density at radius 1 is 1.54 bits per heavy atom. The minimum absolute atomic E-state index is 0.299. The fourth-order valence-corrected chi connectivity index (χ4v) is 3.59. The van der Waals surface area contributed by atoms with Gasteiger partial charge >= 0.3 is 0 Å². The lowest BCUT2D eigenvalue weighted by molar-refractivity contribution is 0.482. The van der Waals surface area contributed by atoms with Crippen LogP contribution in [-0.2, 0) is 5.41 Å². The van der Waals surface area contributed by atoms with E-state index in [0.717, 1.165) is 0 Å². The summed E-state index contributed by atoms with van der Waals surface area (Å²) in [5, 5.41) is 2.19. The molecule has 1 unspecified atom stereocenters. The van der Waals surface area contributed by atoms with Crippen LogP contribution in [0.15, 0.2) is 11.4 Å². The predicted octanol–water partition coefficient (Wildman–Crippen LogP) is 4.51. The largest absolute Gasteiger partial charge is 0.149 e. The second kappa shape index (κ2) is 4.14. The van der Waals surface area contributed by atoms with Crippen LogP contribution in [0.2, 0.25) is 0 Å². The molecular weight excluding hydrogens is 244 g/mol. The van der Waals surface area contributed by atoms with Crippen molar-refractivity contribution in [3.05, 3.63) is 21.9 Å². The average molecular weight is 261 g/mol. The van der Waals surface area contributed by atoms with E-state index < -0.39 is 0 Å². The zero-order valence-corrected chi connectivity index (χ0v) is 11.1. The summed E-state index contributed by atoms with van der Waals surface area (Å²) in [6.45, 7) is 9.06. The Balaban J connectivity index is 2.87. The molecule has 1 rings (SSSR count). The quantitative estimate of drug-likeness (QED) is 0.702. The van der Waals surface area contributed by atoms with Gasteiger partial charge in [0.1, 0.15) is 0 Å². The van der Waals surface area contributed by atoms with Gasteiger partial charge in [0, 0.05) is 9.70 Å². The molecule has 1 atom stereocenters. The summed E-state index contributed by atoms with van der Waals surface area (Å²) in [6, 6.07) is 2.26. The van der Waals surface area contributed by atoms with Crippen LogP contribution in [0.3, 0.4) is 0 Å². The van der Waals surface area contributed by atoms with Gasteiger partial charge in [0.15, 0.2) is 0 Å². The molecule has 1 aromatic heterocycles. The van der Waals surface area contributed by atoms with Crippen LogP contribution in [0.4, 0.5) is 0 Å². The highest BCUT2D eigenvalue weighted by Gasteiger charge is 2.24. The van der Waals surface area contributed by atoms with Gasteiger partial charge in [-0.1, -0.05) is 36.7 Å². The van der Waals surface area contributed by atoms with Gasteiger partial charge < -0.3 is 0 Å². The topological polar surface area (TPSA) is 0 Å². The lowest BCUT2D eigenvalue weighted by atomic mass is 9.81. The fourth-order valence-electron chi connectivity index (χ4n) is 1.90. The molecule has 0 aliphatic heterocycles. The molecular formula is C11H17BrS. The maximum absolute atomic E-state index is 3.62. The molecule has 0 spiro atoms. The Kier molecular flexibility index (Phi) is 3.58. The second-order valence-electron chi connectivity index (χ2n) is 4.26. The Hall–Kier alpha value is 0.180. The predicted molar refractivity (Wildman–Crippen MR) is 65.1 cm³/mol. The van der Waals surface area contributed by atoms with Crippen LogP contribution in [0.5, 0.6) is 0 Å². The molecule has 1 aromatic rings. The van der Waals surface area contributed by atoms with Crippen LogP contribution < -0.4 is 0 Å². The molecule has 0 aromatic carbocycles. The highest BCUT2D eigenvalue weighted by molar-refractivity contribution is 9.09. The van der Waals surface area contributed by atoms with Crippen molar-refractivity contribution in [3.8, 4) is 0 Å². The summed E-state index contributed by atoms with van der Waals surface area (Å²) in [6.07, 6.45) is 1.19. The minimum atomic E-state index is 0.299. The van der Waals surface area contributed by atoms with Gasteiger partial charge in [0.25, 0.3) is 0 Å². The Morgan fingerprint density at radius 3 is 2.54 bits per heavy atom. The second-order valence-corrected chi connectivity index (χ2v) is 6.94. The fraction of sp³-hybridized carbons (Fsp3) is 0.636. The highest BCUT2D eigenvalue weighted by atomic mass is 79.9. The zero-order chi connectivity index (χ0) is 10.1. The van der Waals surface area contributed by atoms with Gasteiger partial charge in [-0.15, -0.1) is 11.3 Å². The molecule has 0 N–H and O–H groups in total. The first-order valence-corrected chi connectivity index (χ1v) is 6.41. The first-order chi connectivity index (χ1) is 5.93. The number of aryl methyl sites for hydroxylation is 1. The average Bonchev–Trinajstić information content (AvgIpc) is 2.32. The SMILES string of the molecule is Cc1sccc1C(C)(C)CC(C)Br. The number of alkyl halides is 1. The van der Waals surface area contributed by atoms with Gasteiger partial charge in [-0.2, -0.15) is 0 Å².